The standard InChI is InChI=1S/C27H28N2O2/c30-27-25-15-23(31-14-13-20-7-3-1-4-8-20)11-12-24(25)26-19-29(18-22(26)16-28-27)17-21-9-5-2-6-10-21/h1-12,15,22,26H,13-14,16-19H2,(H,28,30)/t22-,26-/m1/s1. The molecular formula is C27H28N2O2. The number of fused-ring (bicyclic) bond motifs is 3. The number of nitrogens with one attached hydrogen (secondary N) is 1. The summed E-state index contributed by atoms with van der Waals surface area (Å²) in [6.45, 7) is 4.27. The maximum absolute atomic E-state index is 12.8. The van der Waals surface area contributed by atoms with Gasteiger partial charge in [0, 0.05) is 44.1 Å². The molecule has 31 heavy (non-hydrogen) atoms. The molecule has 3 aromatic carbocycles. The Labute approximate surface area is 183 Å². The Bertz CT molecular complexity index is 1040. The summed E-state index contributed by atoms with van der Waals surface area (Å²) in [6.07, 6.45) is 0.850. The number of rotatable bonds is 6. The van der Waals surface area contributed by atoms with Crippen molar-refractivity contribution in [2.75, 3.05) is 26.2 Å². The molecule has 1 amide bonds. The molecule has 0 bridgehead atoms. The molecule has 0 spiro atoms. The third-order valence-corrected chi connectivity index (χ3v) is 6.46. The minimum atomic E-state index is 0.0209. The predicted molar refractivity (Wildman–Crippen MR) is 122 cm³/mol. The summed E-state index contributed by atoms with van der Waals surface area (Å²) in [5.41, 5.74) is 4.52. The molecule has 1 saturated heterocycles. The zero-order chi connectivity index (χ0) is 21.0. The van der Waals surface area contributed by atoms with Crippen LogP contribution in [0.3, 0.4) is 0 Å². The molecule has 4 nitrogen and oxygen atoms in total. The van der Waals surface area contributed by atoms with Crippen molar-refractivity contribution in [3.05, 3.63) is 101 Å². The highest BCUT2D eigenvalue weighted by Gasteiger charge is 2.38. The zero-order valence-electron chi connectivity index (χ0n) is 17.7. The van der Waals surface area contributed by atoms with Gasteiger partial charge in [-0.05, 0) is 34.7 Å². The fraction of sp³-hybridized carbons (Fsp3) is 0.296. The maximum Gasteiger partial charge on any atom is 0.251 e. The Hall–Kier alpha value is -3.11. The van der Waals surface area contributed by atoms with Crippen LogP contribution in [0.4, 0.5) is 0 Å². The highest BCUT2D eigenvalue weighted by Crippen LogP contribution is 2.37. The van der Waals surface area contributed by atoms with E-state index >= 15 is 0 Å². The van der Waals surface area contributed by atoms with Crippen molar-refractivity contribution in [2.45, 2.75) is 18.9 Å². The molecule has 0 unspecified atom stereocenters. The summed E-state index contributed by atoms with van der Waals surface area (Å²) in [7, 11) is 0. The second kappa shape index (κ2) is 8.94. The number of hydrogen-bond donors (Lipinski definition) is 1. The smallest absolute Gasteiger partial charge is 0.251 e. The molecule has 158 valence electrons. The van der Waals surface area contributed by atoms with Crippen LogP contribution >= 0.6 is 0 Å². The van der Waals surface area contributed by atoms with Gasteiger partial charge in [-0.3, -0.25) is 9.69 Å². The van der Waals surface area contributed by atoms with Crippen LogP contribution < -0.4 is 10.1 Å². The van der Waals surface area contributed by atoms with E-state index in [0.717, 1.165) is 49.5 Å². The largest absolute Gasteiger partial charge is 0.493 e. The summed E-state index contributed by atoms with van der Waals surface area (Å²) in [4.78, 5) is 15.3. The minimum Gasteiger partial charge on any atom is -0.493 e. The first-order valence-corrected chi connectivity index (χ1v) is 11.1. The van der Waals surface area contributed by atoms with E-state index < -0.39 is 0 Å². The second-order valence-corrected chi connectivity index (χ2v) is 8.59. The molecule has 2 aliphatic rings. The van der Waals surface area contributed by atoms with E-state index in [9.17, 15) is 4.79 Å². The average Bonchev–Trinajstić information content (AvgIpc) is 3.16. The van der Waals surface area contributed by atoms with Gasteiger partial charge in [0.2, 0.25) is 0 Å². The van der Waals surface area contributed by atoms with Crippen LogP contribution in [-0.4, -0.2) is 37.0 Å². The van der Waals surface area contributed by atoms with Gasteiger partial charge < -0.3 is 10.1 Å². The number of benzene rings is 3. The lowest BCUT2D eigenvalue weighted by Gasteiger charge is -2.18. The van der Waals surface area contributed by atoms with E-state index in [0.29, 0.717) is 18.4 Å². The zero-order valence-corrected chi connectivity index (χ0v) is 17.7. The number of carbonyl (C=O) groups is 1. The van der Waals surface area contributed by atoms with Crippen LogP contribution in [0, 0.1) is 5.92 Å². The molecular weight excluding hydrogens is 384 g/mol. The number of ether oxygens (including phenoxy) is 1. The van der Waals surface area contributed by atoms with Gasteiger partial charge in [0.15, 0.2) is 0 Å². The van der Waals surface area contributed by atoms with E-state index in [4.69, 9.17) is 4.74 Å². The van der Waals surface area contributed by atoms with Crippen molar-refractivity contribution in [1.29, 1.82) is 0 Å². The van der Waals surface area contributed by atoms with Crippen LogP contribution in [0.25, 0.3) is 0 Å². The van der Waals surface area contributed by atoms with E-state index in [1.165, 1.54) is 11.1 Å². The van der Waals surface area contributed by atoms with Crippen LogP contribution in [0.15, 0.2) is 78.9 Å². The Kier molecular flexibility index (Phi) is 5.72. The SMILES string of the molecule is O=C1NC[C@@H]2CN(Cc3ccccc3)C[C@H]2c2ccc(OCCc3ccccc3)cc21. The van der Waals surface area contributed by atoms with E-state index in [1.54, 1.807) is 0 Å². The molecule has 0 aliphatic carbocycles. The van der Waals surface area contributed by atoms with Crippen molar-refractivity contribution in [3.63, 3.8) is 0 Å². The van der Waals surface area contributed by atoms with Crippen LogP contribution in [0.2, 0.25) is 0 Å². The Morgan fingerprint density at radius 2 is 1.65 bits per heavy atom. The molecule has 0 radical (unpaired) electrons. The van der Waals surface area contributed by atoms with Crippen molar-refractivity contribution in [3.8, 4) is 5.75 Å². The van der Waals surface area contributed by atoms with Crippen LogP contribution in [0.1, 0.15) is 33.0 Å². The molecule has 1 fully saturated rings. The number of likely N-dealkylation sites (tertiary alicyclic amines) is 1. The van der Waals surface area contributed by atoms with Gasteiger partial charge >= 0.3 is 0 Å². The Balaban J connectivity index is 1.29. The van der Waals surface area contributed by atoms with E-state index in [-0.39, 0.29) is 5.91 Å². The molecule has 4 heteroatoms. The molecule has 0 saturated carbocycles. The fourth-order valence-electron chi connectivity index (χ4n) is 4.89. The monoisotopic (exact) mass is 412 g/mol. The minimum absolute atomic E-state index is 0.0209. The highest BCUT2D eigenvalue weighted by atomic mass is 16.5. The van der Waals surface area contributed by atoms with Gasteiger partial charge in [-0.15, -0.1) is 0 Å². The quantitative estimate of drug-likeness (QED) is 0.658. The summed E-state index contributed by atoms with van der Waals surface area (Å²) in [5.74, 6) is 1.60. The second-order valence-electron chi connectivity index (χ2n) is 8.59. The Morgan fingerprint density at radius 1 is 0.903 bits per heavy atom. The van der Waals surface area contributed by atoms with Crippen LogP contribution in [0.5, 0.6) is 5.75 Å². The number of nitrogens with zero attached hydrogens (tertiary/aromatic N) is 1. The maximum atomic E-state index is 12.8. The van der Waals surface area contributed by atoms with Crippen molar-refractivity contribution < 1.29 is 9.53 Å². The topological polar surface area (TPSA) is 41.6 Å². The van der Waals surface area contributed by atoms with Gasteiger partial charge in [-0.2, -0.15) is 0 Å². The first-order chi connectivity index (χ1) is 15.3. The van der Waals surface area contributed by atoms with E-state index in [2.05, 4.69) is 58.7 Å². The van der Waals surface area contributed by atoms with Gasteiger partial charge in [-0.1, -0.05) is 66.7 Å². The third kappa shape index (κ3) is 4.49. The molecule has 1 N–H and O–H groups in total. The fourth-order valence-corrected chi connectivity index (χ4v) is 4.89. The summed E-state index contributed by atoms with van der Waals surface area (Å²) in [5, 5.41) is 3.14. The summed E-state index contributed by atoms with van der Waals surface area (Å²) in [6, 6.07) is 27.0. The van der Waals surface area contributed by atoms with Gasteiger partial charge in [-0.25, -0.2) is 0 Å². The average molecular weight is 413 g/mol. The Morgan fingerprint density at radius 3 is 2.42 bits per heavy atom. The lowest BCUT2D eigenvalue weighted by molar-refractivity contribution is 0.0950. The number of amides is 1. The lowest BCUT2D eigenvalue weighted by Crippen LogP contribution is -2.29. The highest BCUT2D eigenvalue weighted by molar-refractivity contribution is 5.96. The van der Waals surface area contributed by atoms with Crippen LogP contribution in [-0.2, 0) is 13.0 Å². The summed E-state index contributed by atoms with van der Waals surface area (Å²) < 4.78 is 5.99. The number of hydrogen-bond acceptors (Lipinski definition) is 3. The first kappa shape index (κ1) is 19.8. The molecule has 2 heterocycles. The molecule has 2 atom stereocenters. The van der Waals surface area contributed by atoms with Gasteiger partial charge in [0.1, 0.15) is 5.75 Å². The molecule has 0 aromatic heterocycles. The van der Waals surface area contributed by atoms with Crippen molar-refractivity contribution in [2.24, 2.45) is 5.92 Å². The predicted octanol–water partition coefficient (Wildman–Crippen LogP) is 4.27. The molecule has 2 aliphatic heterocycles. The number of carbonyl (C=O) groups excluding carboxylic acids is 1. The van der Waals surface area contributed by atoms with Crippen molar-refractivity contribution >= 4 is 5.91 Å². The lowest BCUT2D eigenvalue weighted by atomic mass is 9.87. The normalized spacial score (nSPS) is 20.5. The molecule has 3 aromatic rings. The van der Waals surface area contributed by atoms with Crippen molar-refractivity contribution in [1.82, 2.24) is 10.2 Å². The van der Waals surface area contributed by atoms with E-state index in [1.807, 2.05) is 30.3 Å². The van der Waals surface area contributed by atoms with Gasteiger partial charge in [0.05, 0.1) is 6.61 Å². The van der Waals surface area contributed by atoms with Gasteiger partial charge in [0.25, 0.3) is 5.91 Å². The summed E-state index contributed by atoms with van der Waals surface area (Å²) >= 11 is 0. The third-order valence-electron chi connectivity index (χ3n) is 6.46. The molecule has 5 rings (SSSR count). The first-order valence-electron chi connectivity index (χ1n) is 11.1.